The lowest BCUT2D eigenvalue weighted by Gasteiger charge is -2.37. The SMILES string of the molecule is CCC.CCCC(=O)NCC(=O)N(C)C(C(C)CC)C(CC)OC.COC(C(C)C(=O)NCCO)C1CCCN1C=O.Cc1ccccc1. The van der Waals surface area contributed by atoms with E-state index in [0.29, 0.717) is 12.3 Å². The number of carbonyl (C=O) groups is 4. The Morgan fingerprint density at radius 2 is 1.63 bits per heavy atom. The second kappa shape index (κ2) is 29.9. The number of benzene rings is 1. The van der Waals surface area contributed by atoms with E-state index < -0.39 is 0 Å². The van der Waals surface area contributed by atoms with Gasteiger partial charge in [0.05, 0.1) is 43.4 Å². The first kappa shape index (κ1) is 48.1. The number of likely N-dealkylation sites (tertiary alicyclic amines) is 1. The largest absolute Gasteiger partial charge is 0.395 e. The van der Waals surface area contributed by atoms with Crippen LogP contribution in [0.1, 0.15) is 99.0 Å². The number of nitrogens with one attached hydrogen (secondary N) is 2. The number of likely N-dealkylation sites (N-methyl/N-ethyl adjacent to an activating group) is 1. The van der Waals surface area contributed by atoms with Crippen LogP contribution in [0.5, 0.6) is 0 Å². The first-order chi connectivity index (χ1) is 23.4. The third-order valence-corrected chi connectivity index (χ3v) is 8.45. The van der Waals surface area contributed by atoms with Crippen molar-refractivity contribution in [2.75, 3.05) is 47.5 Å². The molecule has 11 heteroatoms. The number of amides is 4. The molecular weight excluding hydrogens is 624 g/mol. The number of methoxy groups -OCH3 is 2. The highest BCUT2D eigenvalue weighted by atomic mass is 16.5. The number of aryl methyl sites for hydroxylation is 1. The fourth-order valence-corrected chi connectivity index (χ4v) is 5.58. The van der Waals surface area contributed by atoms with Crippen LogP contribution in [0.15, 0.2) is 30.3 Å². The highest BCUT2D eigenvalue weighted by Gasteiger charge is 2.37. The maximum atomic E-state index is 12.3. The predicted octanol–water partition coefficient (Wildman–Crippen LogP) is 4.98. The molecule has 1 aliphatic rings. The number of nitrogens with zero attached hydrogens (tertiary/aromatic N) is 2. The van der Waals surface area contributed by atoms with Crippen LogP contribution < -0.4 is 10.6 Å². The second-order valence-corrected chi connectivity index (χ2v) is 12.5. The first-order valence-corrected chi connectivity index (χ1v) is 18.1. The van der Waals surface area contributed by atoms with Crippen molar-refractivity contribution in [2.45, 2.75) is 125 Å². The topological polar surface area (TPSA) is 138 Å². The third-order valence-electron chi connectivity index (χ3n) is 8.45. The zero-order valence-electron chi connectivity index (χ0n) is 32.5. The fraction of sp³-hybridized carbons (Fsp3) is 0.737. The van der Waals surface area contributed by atoms with Crippen LogP contribution in [-0.2, 0) is 28.7 Å². The molecule has 4 amide bonds. The average Bonchev–Trinajstić information content (AvgIpc) is 3.58. The summed E-state index contributed by atoms with van der Waals surface area (Å²) in [4.78, 5) is 50.0. The summed E-state index contributed by atoms with van der Waals surface area (Å²) in [6, 6.07) is 10.3. The van der Waals surface area contributed by atoms with E-state index in [2.05, 4.69) is 64.3 Å². The van der Waals surface area contributed by atoms with Crippen molar-refractivity contribution in [1.29, 1.82) is 0 Å². The molecule has 6 atom stereocenters. The summed E-state index contributed by atoms with van der Waals surface area (Å²) in [6.07, 6.45) is 6.64. The van der Waals surface area contributed by atoms with Gasteiger partial charge >= 0.3 is 0 Å². The van der Waals surface area contributed by atoms with E-state index in [1.807, 2.05) is 25.1 Å². The van der Waals surface area contributed by atoms with E-state index in [1.165, 1.54) is 12.0 Å². The Kier molecular flexibility index (Phi) is 29.3. The average molecular weight is 695 g/mol. The Labute approximate surface area is 297 Å². The molecule has 1 aliphatic heterocycles. The lowest BCUT2D eigenvalue weighted by molar-refractivity contribution is -0.137. The van der Waals surface area contributed by atoms with E-state index in [9.17, 15) is 19.2 Å². The van der Waals surface area contributed by atoms with Gasteiger partial charge in [-0.2, -0.15) is 0 Å². The Hall–Kier alpha value is -3.02. The van der Waals surface area contributed by atoms with Gasteiger partial charge in [-0.25, -0.2) is 0 Å². The van der Waals surface area contributed by atoms with Crippen molar-refractivity contribution in [1.82, 2.24) is 20.4 Å². The maximum Gasteiger partial charge on any atom is 0.242 e. The van der Waals surface area contributed by atoms with Gasteiger partial charge in [-0.1, -0.05) is 97.2 Å². The van der Waals surface area contributed by atoms with Gasteiger partial charge in [0, 0.05) is 40.8 Å². The summed E-state index contributed by atoms with van der Waals surface area (Å²) >= 11 is 0. The Morgan fingerprint density at radius 3 is 2.06 bits per heavy atom. The molecule has 0 bridgehead atoms. The van der Waals surface area contributed by atoms with E-state index in [-0.39, 0.29) is 67.6 Å². The zero-order chi connectivity index (χ0) is 37.8. The van der Waals surface area contributed by atoms with Crippen molar-refractivity contribution in [3.63, 3.8) is 0 Å². The van der Waals surface area contributed by atoms with Crippen LogP contribution in [0.4, 0.5) is 0 Å². The summed E-state index contributed by atoms with van der Waals surface area (Å²) in [7, 11) is 5.04. The quantitative estimate of drug-likeness (QED) is 0.196. The molecule has 0 aliphatic carbocycles. The van der Waals surface area contributed by atoms with Crippen LogP contribution >= 0.6 is 0 Å². The minimum atomic E-state index is -0.355. The van der Waals surface area contributed by atoms with Gasteiger partial charge < -0.3 is 35.0 Å². The van der Waals surface area contributed by atoms with Gasteiger partial charge in [0.25, 0.3) is 0 Å². The number of aliphatic hydroxyl groups excluding tert-OH is 1. The van der Waals surface area contributed by atoms with Gasteiger partial charge in [0.2, 0.25) is 24.1 Å². The molecule has 1 aromatic rings. The van der Waals surface area contributed by atoms with Gasteiger partial charge in [-0.15, -0.1) is 0 Å². The number of hydrogen-bond acceptors (Lipinski definition) is 7. The molecule has 1 saturated heterocycles. The minimum absolute atomic E-state index is 0.0141. The molecular formula is C38H70N4O7. The molecule has 1 heterocycles. The number of aliphatic hydroxyl groups is 1. The molecule has 0 radical (unpaired) electrons. The van der Waals surface area contributed by atoms with Crippen LogP contribution in [0.2, 0.25) is 0 Å². The minimum Gasteiger partial charge on any atom is -0.395 e. The lowest BCUT2D eigenvalue weighted by Crippen LogP contribution is -2.51. The van der Waals surface area contributed by atoms with Crippen molar-refractivity contribution < 1.29 is 33.8 Å². The highest BCUT2D eigenvalue weighted by molar-refractivity contribution is 5.84. The summed E-state index contributed by atoms with van der Waals surface area (Å²) in [5, 5.41) is 14.0. The second-order valence-electron chi connectivity index (χ2n) is 12.5. The Balaban J connectivity index is 0. The van der Waals surface area contributed by atoms with E-state index >= 15 is 0 Å². The van der Waals surface area contributed by atoms with Gasteiger partial charge in [0.1, 0.15) is 0 Å². The van der Waals surface area contributed by atoms with Crippen molar-refractivity contribution >= 4 is 24.1 Å². The number of hydrogen-bond donors (Lipinski definition) is 3. The fourth-order valence-electron chi connectivity index (χ4n) is 5.58. The van der Waals surface area contributed by atoms with Gasteiger partial charge in [0.15, 0.2) is 0 Å². The Morgan fingerprint density at radius 1 is 1.02 bits per heavy atom. The third kappa shape index (κ3) is 19.7. The molecule has 2 rings (SSSR count). The van der Waals surface area contributed by atoms with E-state index in [4.69, 9.17) is 14.6 Å². The summed E-state index contributed by atoms with van der Waals surface area (Å²) < 4.78 is 10.9. The number of carbonyl (C=O) groups excluding carboxylic acids is 4. The molecule has 0 spiro atoms. The molecule has 0 saturated carbocycles. The highest BCUT2D eigenvalue weighted by Crippen LogP contribution is 2.25. The standard InChI is InChI=1S/C16H32N2O3.C12H22N2O4.C7H8.C3H8/c1-7-10-14(19)17-11-15(20)18(5)16(12(4)8-2)13(9-3)21-6;1-9(12(17)13-5-7-15)11(18-2)10-4-3-6-14(10)8-16;1-7-5-3-2-4-6-7;1-3-2/h12-13,16H,7-11H2,1-6H3,(H,17,19);8-11,15H,3-7H2,1-2H3,(H,13,17);2-6H,1H3;3H2,1-2H3. The smallest absolute Gasteiger partial charge is 0.242 e. The van der Waals surface area contributed by atoms with Gasteiger partial charge in [-0.3, -0.25) is 19.2 Å². The van der Waals surface area contributed by atoms with Crippen molar-refractivity contribution in [3.05, 3.63) is 35.9 Å². The molecule has 1 aromatic carbocycles. The lowest BCUT2D eigenvalue weighted by atomic mass is 9.91. The summed E-state index contributed by atoms with van der Waals surface area (Å²) in [6.45, 7) is 17.3. The monoisotopic (exact) mass is 695 g/mol. The molecule has 6 unspecified atom stereocenters. The number of ether oxygens (including phenoxy) is 2. The molecule has 49 heavy (non-hydrogen) atoms. The van der Waals surface area contributed by atoms with Crippen LogP contribution in [0.25, 0.3) is 0 Å². The molecule has 1 fully saturated rings. The van der Waals surface area contributed by atoms with Crippen molar-refractivity contribution in [2.24, 2.45) is 11.8 Å². The summed E-state index contributed by atoms with van der Waals surface area (Å²) in [5.41, 5.74) is 1.32. The van der Waals surface area contributed by atoms with Gasteiger partial charge in [-0.05, 0) is 38.5 Å². The molecule has 11 nitrogen and oxygen atoms in total. The van der Waals surface area contributed by atoms with Crippen LogP contribution in [0.3, 0.4) is 0 Å². The molecule has 284 valence electrons. The number of rotatable bonds is 17. The molecule has 3 N–H and O–H groups in total. The molecule has 0 aromatic heterocycles. The van der Waals surface area contributed by atoms with Crippen LogP contribution in [-0.4, -0.2) is 111 Å². The van der Waals surface area contributed by atoms with Crippen molar-refractivity contribution in [3.8, 4) is 0 Å². The Bertz CT molecular complexity index is 994. The van der Waals surface area contributed by atoms with E-state index in [1.54, 1.807) is 38.0 Å². The van der Waals surface area contributed by atoms with Crippen LogP contribution in [0, 0.1) is 18.8 Å². The summed E-state index contributed by atoms with van der Waals surface area (Å²) in [5.74, 6) is -0.311. The van der Waals surface area contributed by atoms with E-state index in [0.717, 1.165) is 45.1 Å². The maximum absolute atomic E-state index is 12.3. The first-order valence-electron chi connectivity index (χ1n) is 18.1. The normalized spacial score (nSPS) is 16.4. The predicted molar refractivity (Wildman–Crippen MR) is 198 cm³/mol. The zero-order valence-corrected chi connectivity index (χ0v) is 32.5.